The zero-order valence-corrected chi connectivity index (χ0v) is 14.1. The highest BCUT2D eigenvalue weighted by Crippen LogP contribution is 2.55. The van der Waals surface area contributed by atoms with Crippen LogP contribution in [-0.4, -0.2) is 43.9 Å². The van der Waals surface area contributed by atoms with Crippen molar-refractivity contribution in [3.63, 3.8) is 0 Å². The number of likely N-dealkylation sites (tertiary alicyclic amines) is 1. The van der Waals surface area contributed by atoms with Gasteiger partial charge in [-0.15, -0.1) is 0 Å². The molecule has 1 aliphatic heterocycles. The predicted octanol–water partition coefficient (Wildman–Crippen LogP) is 3.34. The van der Waals surface area contributed by atoms with Gasteiger partial charge in [0, 0.05) is 25.7 Å². The number of fused-ring (bicyclic) bond motifs is 1. The summed E-state index contributed by atoms with van der Waals surface area (Å²) >= 11 is 0. The Balaban J connectivity index is 0.000000446. The number of ether oxygens (including phenoxy) is 1. The Morgan fingerprint density at radius 1 is 1.23 bits per heavy atom. The number of hydrogen-bond acceptors (Lipinski definition) is 3. The van der Waals surface area contributed by atoms with Crippen molar-refractivity contribution in [3.05, 3.63) is 29.3 Å². The molecule has 0 spiro atoms. The Morgan fingerprint density at radius 3 is 2.77 bits per heavy atom. The van der Waals surface area contributed by atoms with Gasteiger partial charge in [-0.2, -0.15) is 0 Å². The van der Waals surface area contributed by atoms with Crippen LogP contribution in [0.5, 0.6) is 5.75 Å². The van der Waals surface area contributed by atoms with Crippen LogP contribution < -0.4 is 0 Å². The molecular weight excluding hydrogens is 274 g/mol. The molecule has 2 fully saturated rings. The largest absolute Gasteiger partial charge is 0.508 e. The van der Waals surface area contributed by atoms with Crippen molar-refractivity contribution in [1.29, 1.82) is 0 Å². The Morgan fingerprint density at radius 2 is 2.00 bits per heavy atom. The molecular formula is C19H29NO2. The number of hydrogen-bond donors (Lipinski definition) is 1. The summed E-state index contributed by atoms with van der Waals surface area (Å²) in [7, 11) is 5.55. The highest BCUT2D eigenvalue weighted by molar-refractivity contribution is 5.45. The van der Waals surface area contributed by atoms with Gasteiger partial charge in [0.25, 0.3) is 0 Å². The Hall–Kier alpha value is -1.06. The molecule has 122 valence electrons. The van der Waals surface area contributed by atoms with Crippen LogP contribution in [-0.2, 0) is 16.6 Å². The molecule has 0 amide bonds. The van der Waals surface area contributed by atoms with E-state index in [1.54, 1.807) is 14.2 Å². The van der Waals surface area contributed by atoms with E-state index in [1.807, 2.05) is 6.07 Å². The van der Waals surface area contributed by atoms with Gasteiger partial charge in [0.05, 0.1) is 0 Å². The van der Waals surface area contributed by atoms with Crippen molar-refractivity contribution < 1.29 is 9.84 Å². The highest BCUT2D eigenvalue weighted by Gasteiger charge is 2.52. The fourth-order valence-corrected chi connectivity index (χ4v) is 5.18. The normalized spacial score (nSPS) is 33.2. The minimum atomic E-state index is 0.377. The van der Waals surface area contributed by atoms with Crippen molar-refractivity contribution in [2.75, 3.05) is 27.8 Å². The Labute approximate surface area is 134 Å². The molecule has 3 atom stereocenters. The lowest BCUT2D eigenvalue weighted by molar-refractivity contribution is 0.00274. The highest BCUT2D eigenvalue weighted by atomic mass is 16.4. The number of methoxy groups -OCH3 is 1. The molecule has 1 saturated heterocycles. The molecule has 0 unspecified atom stereocenters. The average molecular weight is 303 g/mol. The van der Waals surface area contributed by atoms with E-state index >= 15 is 0 Å². The number of aromatic hydroxyl groups is 1. The molecule has 2 bridgehead atoms. The lowest BCUT2D eigenvalue weighted by atomic mass is 9.52. The minimum absolute atomic E-state index is 0.377. The number of likely N-dealkylation sites (N-methyl/N-ethyl adjacent to an activating group) is 1. The van der Waals surface area contributed by atoms with E-state index in [2.05, 4.69) is 28.8 Å². The molecule has 2 aliphatic carbocycles. The van der Waals surface area contributed by atoms with Gasteiger partial charge in [0.1, 0.15) is 5.75 Å². The van der Waals surface area contributed by atoms with Crippen LogP contribution in [0.3, 0.4) is 0 Å². The third-order valence-electron chi connectivity index (χ3n) is 6.10. The third kappa shape index (κ3) is 2.44. The van der Waals surface area contributed by atoms with E-state index in [0.29, 0.717) is 11.2 Å². The number of piperidine rings is 1. The molecule has 1 saturated carbocycles. The number of rotatable bonds is 0. The molecule has 4 rings (SSSR count). The zero-order chi connectivity index (χ0) is 15.7. The van der Waals surface area contributed by atoms with Crippen LogP contribution in [0, 0.1) is 5.92 Å². The number of nitrogens with zero attached hydrogens (tertiary/aromatic N) is 1. The topological polar surface area (TPSA) is 32.7 Å². The molecule has 1 N–H and O–H groups in total. The van der Waals surface area contributed by atoms with Crippen molar-refractivity contribution in [1.82, 2.24) is 4.90 Å². The smallest absolute Gasteiger partial charge is 0.115 e. The van der Waals surface area contributed by atoms with Crippen LogP contribution in [0.15, 0.2) is 18.2 Å². The van der Waals surface area contributed by atoms with Gasteiger partial charge in [-0.05, 0) is 68.5 Å². The number of phenolic OH excluding ortho intramolecular Hbond substituents is 1. The van der Waals surface area contributed by atoms with Crippen LogP contribution >= 0.6 is 0 Å². The second-order valence-corrected chi connectivity index (χ2v) is 7.26. The van der Waals surface area contributed by atoms with E-state index in [-0.39, 0.29) is 0 Å². The lowest BCUT2D eigenvalue weighted by Gasteiger charge is -2.58. The minimum Gasteiger partial charge on any atom is -0.508 e. The summed E-state index contributed by atoms with van der Waals surface area (Å²) in [5, 5.41) is 9.91. The molecule has 1 aromatic carbocycles. The van der Waals surface area contributed by atoms with E-state index in [0.717, 1.165) is 12.0 Å². The van der Waals surface area contributed by atoms with Crippen LogP contribution in [0.1, 0.15) is 43.2 Å². The molecule has 3 heteroatoms. The van der Waals surface area contributed by atoms with Crippen molar-refractivity contribution in [2.24, 2.45) is 5.92 Å². The first kappa shape index (κ1) is 15.8. The first-order valence-corrected chi connectivity index (χ1v) is 8.55. The van der Waals surface area contributed by atoms with Gasteiger partial charge in [-0.1, -0.05) is 18.9 Å². The van der Waals surface area contributed by atoms with Gasteiger partial charge in [0.15, 0.2) is 0 Å². The molecule has 3 nitrogen and oxygen atoms in total. The zero-order valence-electron chi connectivity index (χ0n) is 14.1. The van der Waals surface area contributed by atoms with Gasteiger partial charge in [0.2, 0.25) is 0 Å². The second-order valence-electron chi connectivity index (χ2n) is 7.26. The van der Waals surface area contributed by atoms with Gasteiger partial charge >= 0.3 is 0 Å². The van der Waals surface area contributed by atoms with E-state index in [4.69, 9.17) is 0 Å². The van der Waals surface area contributed by atoms with E-state index in [9.17, 15) is 5.11 Å². The molecule has 22 heavy (non-hydrogen) atoms. The standard InChI is InChI=1S/C17H23NO.C2H6O/c1-18-9-8-17-7-3-2-4-14(17)16(18)10-12-5-6-13(19)11-15(12)17;1-3-2/h5-6,11,14,16,19H,2-4,7-10H2,1H3;1-2H3/t14-,16+,17+;/m0./s1. The average Bonchev–Trinajstić information content (AvgIpc) is 2.52. The summed E-state index contributed by atoms with van der Waals surface area (Å²) < 4.78 is 4.25. The first-order chi connectivity index (χ1) is 10.6. The Bertz CT molecular complexity index is 530. The quantitative estimate of drug-likeness (QED) is 0.798. The van der Waals surface area contributed by atoms with Crippen LogP contribution in [0.25, 0.3) is 0 Å². The molecule has 1 heterocycles. The van der Waals surface area contributed by atoms with Crippen molar-refractivity contribution in [2.45, 2.75) is 50.0 Å². The summed E-state index contributed by atoms with van der Waals surface area (Å²) in [5.74, 6) is 1.27. The number of benzene rings is 1. The summed E-state index contributed by atoms with van der Waals surface area (Å²) in [6.45, 7) is 1.22. The summed E-state index contributed by atoms with van der Waals surface area (Å²) in [6, 6.07) is 6.85. The Kier molecular flexibility index (Phi) is 4.47. The summed E-state index contributed by atoms with van der Waals surface area (Å²) in [6.07, 6.45) is 7.93. The van der Waals surface area contributed by atoms with E-state index in [1.165, 1.54) is 56.2 Å². The van der Waals surface area contributed by atoms with Gasteiger partial charge < -0.3 is 14.7 Å². The van der Waals surface area contributed by atoms with Gasteiger partial charge in [-0.3, -0.25) is 0 Å². The molecule has 3 aliphatic rings. The maximum atomic E-state index is 9.91. The molecule has 0 radical (unpaired) electrons. The van der Waals surface area contributed by atoms with E-state index < -0.39 is 0 Å². The van der Waals surface area contributed by atoms with Crippen LogP contribution in [0.4, 0.5) is 0 Å². The van der Waals surface area contributed by atoms with Gasteiger partial charge in [-0.25, -0.2) is 0 Å². The first-order valence-electron chi connectivity index (χ1n) is 8.55. The van der Waals surface area contributed by atoms with Crippen LogP contribution in [0.2, 0.25) is 0 Å². The second kappa shape index (κ2) is 6.21. The maximum absolute atomic E-state index is 9.91. The predicted molar refractivity (Wildman–Crippen MR) is 89.4 cm³/mol. The van der Waals surface area contributed by atoms with Crippen molar-refractivity contribution in [3.8, 4) is 5.75 Å². The summed E-state index contributed by atoms with van der Waals surface area (Å²) in [4.78, 5) is 2.59. The number of phenols is 1. The fraction of sp³-hybridized carbons (Fsp3) is 0.684. The SMILES string of the molecule is CN1CC[C@]23CCCC[C@H]2[C@H]1Cc1ccc(O)cc13.COC. The summed E-state index contributed by atoms with van der Waals surface area (Å²) in [5.41, 5.74) is 3.36. The monoisotopic (exact) mass is 303 g/mol. The molecule has 0 aromatic heterocycles. The van der Waals surface area contributed by atoms with Crippen molar-refractivity contribution >= 4 is 0 Å². The third-order valence-corrected chi connectivity index (χ3v) is 6.10. The lowest BCUT2D eigenvalue weighted by Crippen LogP contribution is -2.59. The maximum Gasteiger partial charge on any atom is 0.115 e. The molecule has 1 aromatic rings. The fourth-order valence-electron chi connectivity index (χ4n) is 5.18.